The van der Waals surface area contributed by atoms with Crippen LogP contribution in [0.2, 0.25) is 0 Å². The van der Waals surface area contributed by atoms with E-state index < -0.39 is 11.6 Å². The smallest absolute Gasteiger partial charge is 0.349 e. The monoisotopic (exact) mass is 265 g/mol. The van der Waals surface area contributed by atoms with Crippen molar-refractivity contribution in [3.05, 3.63) is 29.8 Å². The summed E-state index contributed by atoms with van der Waals surface area (Å²) in [4.78, 5) is 23.2. The van der Waals surface area contributed by atoms with E-state index >= 15 is 0 Å². The number of rotatable bonds is 5. The molecule has 1 aromatic rings. The topological polar surface area (TPSA) is 64.6 Å². The van der Waals surface area contributed by atoms with Crippen molar-refractivity contribution in [2.75, 3.05) is 13.7 Å². The van der Waals surface area contributed by atoms with Gasteiger partial charge in [-0.05, 0) is 39.0 Å². The molecule has 1 rings (SSSR count). The van der Waals surface area contributed by atoms with Crippen LogP contribution in [0, 0.1) is 0 Å². The second-order valence-electron chi connectivity index (χ2n) is 4.44. The molecule has 1 amide bonds. The van der Waals surface area contributed by atoms with E-state index in [0.717, 1.165) is 0 Å². The molecule has 0 saturated heterocycles. The lowest BCUT2D eigenvalue weighted by Gasteiger charge is -2.24. The van der Waals surface area contributed by atoms with Crippen LogP contribution in [-0.2, 0) is 9.53 Å². The lowest BCUT2D eigenvalue weighted by Crippen LogP contribution is -2.39. The molecule has 0 heterocycles. The Balaban J connectivity index is 2.87. The van der Waals surface area contributed by atoms with Gasteiger partial charge in [-0.15, -0.1) is 0 Å². The molecule has 5 heteroatoms. The summed E-state index contributed by atoms with van der Waals surface area (Å²) in [6.07, 6.45) is 0. The standard InChI is InChI=1S/C14H19NO4/c1-5-18-13(17)14(2,3)19-11-8-6-7-10(9-11)12(16)15-4/h6-9H,5H2,1-4H3,(H,15,16). The van der Waals surface area contributed by atoms with E-state index in [1.165, 1.54) is 0 Å². The van der Waals surface area contributed by atoms with Gasteiger partial charge >= 0.3 is 5.97 Å². The van der Waals surface area contributed by atoms with Crippen LogP contribution < -0.4 is 10.1 Å². The summed E-state index contributed by atoms with van der Waals surface area (Å²) >= 11 is 0. The van der Waals surface area contributed by atoms with Crippen molar-refractivity contribution in [1.29, 1.82) is 0 Å². The van der Waals surface area contributed by atoms with Crippen LogP contribution in [-0.4, -0.2) is 31.1 Å². The number of hydrogen-bond donors (Lipinski definition) is 1. The predicted octanol–water partition coefficient (Wildman–Crippen LogP) is 1.77. The summed E-state index contributed by atoms with van der Waals surface area (Å²) in [5.41, 5.74) is -0.628. The van der Waals surface area contributed by atoms with Gasteiger partial charge in [0.25, 0.3) is 5.91 Å². The molecule has 0 aromatic heterocycles. The van der Waals surface area contributed by atoms with Crippen LogP contribution in [0.5, 0.6) is 5.75 Å². The molecular formula is C14H19NO4. The fourth-order valence-electron chi connectivity index (χ4n) is 1.49. The van der Waals surface area contributed by atoms with Crippen LogP contribution in [0.4, 0.5) is 0 Å². The Morgan fingerprint density at radius 1 is 1.32 bits per heavy atom. The number of carbonyl (C=O) groups is 2. The van der Waals surface area contributed by atoms with E-state index in [0.29, 0.717) is 17.9 Å². The van der Waals surface area contributed by atoms with Gasteiger partial charge in [-0.2, -0.15) is 0 Å². The number of hydrogen-bond acceptors (Lipinski definition) is 4. The summed E-state index contributed by atoms with van der Waals surface area (Å²) < 4.78 is 10.5. The zero-order valence-corrected chi connectivity index (χ0v) is 11.6. The maximum absolute atomic E-state index is 11.7. The zero-order chi connectivity index (χ0) is 14.5. The van der Waals surface area contributed by atoms with Crippen molar-refractivity contribution in [1.82, 2.24) is 5.32 Å². The van der Waals surface area contributed by atoms with Gasteiger partial charge in [-0.1, -0.05) is 6.07 Å². The molecule has 0 aliphatic carbocycles. The first-order chi connectivity index (χ1) is 8.90. The second-order valence-corrected chi connectivity index (χ2v) is 4.44. The molecule has 0 saturated carbocycles. The Morgan fingerprint density at radius 2 is 2.00 bits per heavy atom. The summed E-state index contributed by atoms with van der Waals surface area (Å²) in [5.74, 6) is -0.209. The van der Waals surface area contributed by atoms with E-state index in [1.54, 1.807) is 52.1 Å². The second kappa shape index (κ2) is 6.22. The highest BCUT2D eigenvalue weighted by molar-refractivity contribution is 5.94. The minimum absolute atomic E-state index is 0.209. The minimum atomic E-state index is -1.10. The summed E-state index contributed by atoms with van der Waals surface area (Å²) in [6.45, 7) is 5.28. The van der Waals surface area contributed by atoms with Crippen LogP contribution in [0.25, 0.3) is 0 Å². The number of carbonyl (C=O) groups excluding carboxylic acids is 2. The molecule has 1 N–H and O–H groups in total. The van der Waals surface area contributed by atoms with Crippen LogP contribution >= 0.6 is 0 Å². The van der Waals surface area contributed by atoms with E-state index in [1.807, 2.05) is 0 Å². The molecule has 1 aromatic carbocycles. The summed E-state index contributed by atoms with van der Waals surface area (Å²) in [5, 5.41) is 2.53. The Morgan fingerprint density at radius 3 is 2.58 bits per heavy atom. The first-order valence-electron chi connectivity index (χ1n) is 6.09. The molecule has 104 valence electrons. The molecule has 0 fully saturated rings. The average Bonchev–Trinajstić information content (AvgIpc) is 2.38. The number of nitrogens with one attached hydrogen (secondary N) is 1. The number of amides is 1. The molecule has 5 nitrogen and oxygen atoms in total. The average molecular weight is 265 g/mol. The Labute approximate surface area is 112 Å². The maximum atomic E-state index is 11.7. The quantitative estimate of drug-likeness (QED) is 0.824. The highest BCUT2D eigenvalue weighted by Gasteiger charge is 2.31. The highest BCUT2D eigenvalue weighted by atomic mass is 16.6. The van der Waals surface area contributed by atoms with Gasteiger partial charge in [0.1, 0.15) is 5.75 Å². The zero-order valence-electron chi connectivity index (χ0n) is 11.6. The lowest BCUT2D eigenvalue weighted by atomic mass is 10.1. The van der Waals surface area contributed by atoms with Crippen molar-refractivity contribution >= 4 is 11.9 Å². The largest absolute Gasteiger partial charge is 0.476 e. The molecule has 0 unspecified atom stereocenters. The SMILES string of the molecule is CCOC(=O)C(C)(C)Oc1cccc(C(=O)NC)c1. The van der Waals surface area contributed by atoms with E-state index in [4.69, 9.17) is 9.47 Å². The molecule has 0 aliphatic rings. The summed E-state index contributed by atoms with van der Waals surface area (Å²) in [7, 11) is 1.55. The first kappa shape index (κ1) is 15.0. The fraction of sp³-hybridized carbons (Fsp3) is 0.429. The minimum Gasteiger partial charge on any atom is -0.476 e. The first-order valence-corrected chi connectivity index (χ1v) is 6.09. The van der Waals surface area contributed by atoms with Gasteiger partial charge in [-0.3, -0.25) is 4.79 Å². The molecular weight excluding hydrogens is 246 g/mol. The predicted molar refractivity (Wildman–Crippen MR) is 71.2 cm³/mol. The van der Waals surface area contributed by atoms with Crippen LogP contribution in [0.3, 0.4) is 0 Å². The Kier molecular flexibility index (Phi) is 4.92. The summed E-state index contributed by atoms with van der Waals surface area (Å²) in [6, 6.07) is 6.64. The van der Waals surface area contributed by atoms with E-state index in [2.05, 4.69) is 5.32 Å². The molecule has 0 aliphatic heterocycles. The molecule has 0 radical (unpaired) electrons. The molecule has 19 heavy (non-hydrogen) atoms. The Hall–Kier alpha value is -2.04. The van der Waals surface area contributed by atoms with Gasteiger partial charge in [0, 0.05) is 12.6 Å². The highest BCUT2D eigenvalue weighted by Crippen LogP contribution is 2.20. The third kappa shape index (κ3) is 3.98. The van der Waals surface area contributed by atoms with Crippen LogP contribution in [0.15, 0.2) is 24.3 Å². The van der Waals surface area contributed by atoms with Crippen molar-refractivity contribution in [2.45, 2.75) is 26.4 Å². The van der Waals surface area contributed by atoms with E-state index in [-0.39, 0.29) is 5.91 Å². The maximum Gasteiger partial charge on any atom is 0.349 e. The van der Waals surface area contributed by atoms with Gasteiger partial charge < -0.3 is 14.8 Å². The normalized spacial score (nSPS) is 10.7. The lowest BCUT2D eigenvalue weighted by molar-refractivity contribution is -0.158. The van der Waals surface area contributed by atoms with Gasteiger partial charge in [0.15, 0.2) is 5.60 Å². The van der Waals surface area contributed by atoms with Gasteiger partial charge in [-0.25, -0.2) is 4.79 Å². The van der Waals surface area contributed by atoms with Crippen molar-refractivity contribution in [3.63, 3.8) is 0 Å². The Bertz CT molecular complexity index is 468. The third-order valence-corrected chi connectivity index (χ3v) is 2.46. The van der Waals surface area contributed by atoms with E-state index in [9.17, 15) is 9.59 Å². The van der Waals surface area contributed by atoms with Crippen molar-refractivity contribution < 1.29 is 19.1 Å². The number of benzene rings is 1. The van der Waals surface area contributed by atoms with Gasteiger partial charge in [0.2, 0.25) is 0 Å². The van der Waals surface area contributed by atoms with Crippen molar-refractivity contribution in [2.24, 2.45) is 0 Å². The molecule has 0 spiro atoms. The number of ether oxygens (including phenoxy) is 2. The van der Waals surface area contributed by atoms with Crippen molar-refractivity contribution in [3.8, 4) is 5.75 Å². The molecule has 0 bridgehead atoms. The van der Waals surface area contributed by atoms with Crippen LogP contribution in [0.1, 0.15) is 31.1 Å². The van der Waals surface area contributed by atoms with Gasteiger partial charge in [0.05, 0.1) is 6.61 Å². The third-order valence-electron chi connectivity index (χ3n) is 2.46. The fourth-order valence-corrected chi connectivity index (χ4v) is 1.49. The number of esters is 1. The molecule has 0 atom stereocenters.